The van der Waals surface area contributed by atoms with Crippen LogP contribution in [-0.2, 0) is 32.5 Å². The van der Waals surface area contributed by atoms with Gasteiger partial charge in [-0.2, -0.15) is 0 Å². The fraction of sp³-hybridized carbons (Fsp3) is 0.416. The van der Waals surface area contributed by atoms with E-state index in [1.54, 1.807) is 0 Å². The van der Waals surface area contributed by atoms with Crippen LogP contribution in [-0.4, -0.2) is 0 Å². The fourth-order valence-corrected chi connectivity index (χ4v) is 11.4. The predicted molar refractivity (Wildman–Crippen MR) is 401 cm³/mol. The molecule has 10 aromatic carbocycles. The maximum Gasteiger partial charge on any atom is -0.0100 e. The zero-order valence-corrected chi connectivity index (χ0v) is 59.7. The minimum Gasteiger partial charge on any atom is -0.0649 e. The molecule has 89 heavy (non-hydrogen) atoms. The monoisotopic (exact) mass is 1190 g/mol. The second-order valence-electron chi connectivity index (χ2n) is 30.7. The SMILES string of the molecule is CC(C)(C)c1ccc2ccccc2c1.CC(C)(C)c1cccc2ccccc12.CC(C)(C)c1ccccc1.CCC(C)(C)C1CCCC1.CCC(C)(C)c1ccc2ccccc2c1.CCC(C)(C)c1cccc2ccccc12.CCC(C)(C)c1ccccc1. The first-order chi connectivity index (χ1) is 41.9. The summed E-state index contributed by atoms with van der Waals surface area (Å²) in [4.78, 5) is 0. The van der Waals surface area contributed by atoms with E-state index < -0.39 is 0 Å². The third-order valence-electron chi connectivity index (χ3n) is 19.5. The van der Waals surface area contributed by atoms with E-state index in [0.29, 0.717) is 16.2 Å². The van der Waals surface area contributed by atoms with Gasteiger partial charge in [-0.05, 0) is 152 Å². The Bertz CT molecular complexity index is 3630. The Morgan fingerprint density at radius 1 is 0.258 bits per heavy atom. The zero-order chi connectivity index (χ0) is 65.7. The standard InChI is InChI=1S/2C15H18.2C14H16.C11H16.C10H14.C10H20/c1-4-15(2,3)14-11-7-9-12-8-5-6-10-13(12)14;1-4-15(2,3)14-10-9-12-7-5-6-8-13(12)11-14;1-14(2,3)13-10-6-8-11-7-4-5-9-12(11)13;1-14(2,3)13-9-8-11-6-4-5-7-12(11)10-13;1-4-11(2,3)10-8-6-5-7-9-10;1-10(2,3)9-7-5-4-6-8-9;1-4-10(2,3)9-7-5-6-8-9/h2*5-11H,4H2,1-3H3;2*4-10H,1-3H3;5-9H,4H2,1-3H3;4-8H,1-3H3;9H,4-8H2,1-3H3. The first kappa shape index (κ1) is 73.0. The van der Waals surface area contributed by atoms with Crippen LogP contribution in [0.2, 0.25) is 0 Å². The summed E-state index contributed by atoms with van der Waals surface area (Å²) < 4.78 is 0. The van der Waals surface area contributed by atoms with Gasteiger partial charge < -0.3 is 0 Å². The van der Waals surface area contributed by atoms with Crippen molar-refractivity contribution >= 4 is 43.1 Å². The molecular formula is C89H118. The van der Waals surface area contributed by atoms with Crippen molar-refractivity contribution < 1.29 is 0 Å². The molecule has 0 spiro atoms. The molecular weight excluding hydrogens is 1070 g/mol. The number of rotatable bonds is 8. The van der Waals surface area contributed by atoms with Crippen LogP contribution in [0.15, 0.2) is 231 Å². The van der Waals surface area contributed by atoms with Crippen molar-refractivity contribution in [2.75, 3.05) is 0 Å². The van der Waals surface area contributed by atoms with E-state index in [1.165, 1.54) is 128 Å². The largest absolute Gasteiger partial charge is 0.0649 e. The lowest BCUT2D eigenvalue weighted by atomic mass is 9.76. The molecule has 0 unspecified atom stereocenters. The lowest BCUT2D eigenvalue weighted by molar-refractivity contribution is 0.208. The summed E-state index contributed by atoms with van der Waals surface area (Å²) in [5.74, 6) is 1.03. The Labute approximate surface area is 544 Å². The van der Waals surface area contributed by atoms with E-state index in [0.717, 1.165) is 5.92 Å². The summed E-state index contributed by atoms with van der Waals surface area (Å²) >= 11 is 0. The van der Waals surface area contributed by atoms with Crippen molar-refractivity contribution in [2.45, 2.75) is 229 Å². The van der Waals surface area contributed by atoms with E-state index >= 15 is 0 Å². The second kappa shape index (κ2) is 32.8. The van der Waals surface area contributed by atoms with Crippen LogP contribution in [0.1, 0.15) is 230 Å². The number of hydrogen-bond acceptors (Lipinski definition) is 0. The highest BCUT2D eigenvalue weighted by atomic mass is 14.4. The van der Waals surface area contributed by atoms with E-state index in [-0.39, 0.29) is 21.7 Å². The van der Waals surface area contributed by atoms with Crippen molar-refractivity contribution in [2.24, 2.45) is 11.3 Å². The van der Waals surface area contributed by atoms with E-state index in [1.807, 2.05) is 0 Å². The highest BCUT2D eigenvalue weighted by Crippen LogP contribution is 2.41. The van der Waals surface area contributed by atoms with Gasteiger partial charge in [0, 0.05) is 0 Å². The molecule has 0 N–H and O–H groups in total. The van der Waals surface area contributed by atoms with E-state index in [9.17, 15) is 0 Å². The van der Waals surface area contributed by atoms with Crippen LogP contribution in [0.3, 0.4) is 0 Å². The van der Waals surface area contributed by atoms with Gasteiger partial charge >= 0.3 is 0 Å². The number of hydrogen-bond donors (Lipinski definition) is 0. The molecule has 0 nitrogen and oxygen atoms in total. The number of fused-ring (bicyclic) bond motifs is 4. The summed E-state index contributed by atoms with van der Waals surface area (Å²) in [7, 11) is 0. The Kier molecular flexibility index (Phi) is 26.9. The first-order valence-corrected chi connectivity index (χ1v) is 33.9. The molecule has 0 amide bonds. The maximum absolute atomic E-state index is 2.42. The normalized spacial score (nSPS) is 13.0. The summed E-state index contributed by atoms with van der Waals surface area (Å²) in [6.07, 6.45) is 10.8. The molecule has 0 heteroatoms. The highest BCUT2D eigenvalue weighted by Gasteiger charge is 2.30. The average molecular weight is 1190 g/mol. The second-order valence-corrected chi connectivity index (χ2v) is 30.7. The van der Waals surface area contributed by atoms with Crippen LogP contribution >= 0.6 is 0 Å². The third kappa shape index (κ3) is 22.0. The van der Waals surface area contributed by atoms with Gasteiger partial charge in [0.25, 0.3) is 0 Å². The predicted octanol–water partition coefficient (Wildman–Crippen LogP) is 27.3. The molecule has 1 fully saturated rings. The van der Waals surface area contributed by atoms with E-state index in [4.69, 9.17) is 0 Å². The molecule has 0 bridgehead atoms. The molecule has 0 aromatic heterocycles. The van der Waals surface area contributed by atoms with Crippen LogP contribution in [0.25, 0.3) is 43.1 Å². The molecule has 1 aliphatic rings. The van der Waals surface area contributed by atoms with Gasteiger partial charge in [0.15, 0.2) is 0 Å². The highest BCUT2D eigenvalue weighted by molar-refractivity contribution is 5.88. The summed E-state index contributed by atoms with van der Waals surface area (Å²) in [6, 6.07) is 82.1. The van der Waals surface area contributed by atoms with Gasteiger partial charge in [0.2, 0.25) is 0 Å². The minimum absolute atomic E-state index is 0.223. The Hall–Kier alpha value is -6.76. The summed E-state index contributed by atoms with van der Waals surface area (Å²) in [5, 5.41) is 10.8. The molecule has 0 aliphatic heterocycles. The van der Waals surface area contributed by atoms with E-state index in [2.05, 4.69) is 376 Å². The Balaban J connectivity index is 0.000000190. The summed E-state index contributed by atoms with van der Waals surface area (Å²) in [5.41, 5.74) is 10.8. The lowest BCUT2D eigenvalue weighted by Crippen LogP contribution is -2.20. The molecule has 11 rings (SSSR count). The van der Waals surface area contributed by atoms with Crippen LogP contribution in [0.4, 0.5) is 0 Å². The van der Waals surface area contributed by atoms with Crippen LogP contribution < -0.4 is 0 Å². The summed E-state index contributed by atoms with van der Waals surface area (Å²) in [6.45, 7) is 47.9. The molecule has 0 atom stereocenters. The van der Waals surface area contributed by atoms with Crippen molar-refractivity contribution in [3.8, 4) is 0 Å². The van der Waals surface area contributed by atoms with Crippen molar-refractivity contribution in [3.63, 3.8) is 0 Å². The molecule has 474 valence electrons. The smallest absolute Gasteiger partial charge is 0.0100 e. The topological polar surface area (TPSA) is 0 Å². The maximum atomic E-state index is 2.42. The van der Waals surface area contributed by atoms with Crippen molar-refractivity contribution in [1.82, 2.24) is 0 Å². The quantitative estimate of drug-likeness (QED) is 0.142. The van der Waals surface area contributed by atoms with Gasteiger partial charge in [-0.3, -0.25) is 0 Å². The minimum atomic E-state index is 0.223. The molecule has 0 heterocycles. The molecule has 0 radical (unpaired) electrons. The zero-order valence-electron chi connectivity index (χ0n) is 59.7. The molecule has 1 saturated carbocycles. The Morgan fingerprint density at radius 3 is 1.00 bits per heavy atom. The molecule has 1 aliphatic carbocycles. The fourth-order valence-electron chi connectivity index (χ4n) is 11.4. The molecule has 0 saturated heterocycles. The van der Waals surface area contributed by atoms with Gasteiger partial charge in [-0.1, -0.05) is 395 Å². The Morgan fingerprint density at radius 2 is 0.596 bits per heavy atom. The van der Waals surface area contributed by atoms with Gasteiger partial charge in [-0.25, -0.2) is 0 Å². The number of benzene rings is 10. The van der Waals surface area contributed by atoms with Gasteiger partial charge in [0.05, 0.1) is 0 Å². The van der Waals surface area contributed by atoms with Gasteiger partial charge in [-0.15, -0.1) is 0 Å². The van der Waals surface area contributed by atoms with Crippen molar-refractivity contribution in [3.05, 3.63) is 264 Å². The van der Waals surface area contributed by atoms with Gasteiger partial charge in [0.1, 0.15) is 0 Å². The lowest BCUT2D eigenvalue weighted by Gasteiger charge is -2.30. The van der Waals surface area contributed by atoms with Crippen LogP contribution in [0.5, 0.6) is 0 Å². The molecule has 10 aromatic rings. The van der Waals surface area contributed by atoms with Crippen LogP contribution in [0, 0.1) is 11.3 Å². The van der Waals surface area contributed by atoms with Crippen molar-refractivity contribution in [1.29, 1.82) is 0 Å². The average Bonchev–Trinajstić information content (AvgIpc) is 1.84. The first-order valence-electron chi connectivity index (χ1n) is 33.9. The third-order valence-corrected chi connectivity index (χ3v) is 19.5.